The molecule has 1 aromatic rings. The van der Waals surface area contributed by atoms with Gasteiger partial charge in [0.2, 0.25) is 11.8 Å². The largest absolute Gasteiger partial charge is 0.378 e. The first kappa shape index (κ1) is 17.8. The zero-order chi connectivity index (χ0) is 16.5. The average Bonchev–Trinajstić information content (AvgIpc) is 3.00. The van der Waals surface area contributed by atoms with E-state index in [0.29, 0.717) is 18.4 Å². The summed E-state index contributed by atoms with van der Waals surface area (Å²) in [4.78, 5) is 23.5. The summed E-state index contributed by atoms with van der Waals surface area (Å²) in [5.41, 5.74) is 1.89. The van der Waals surface area contributed by atoms with Crippen molar-refractivity contribution in [1.82, 2.24) is 5.32 Å². The Bertz CT molecular complexity index is 530. The summed E-state index contributed by atoms with van der Waals surface area (Å²) in [6, 6.07) is 7.65. The third kappa shape index (κ3) is 7.05. The van der Waals surface area contributed by atoms with Crippen LogP contribution in [0.1, 0.15) is 24.8 Å². The minimum Gasteiger partial charge on any atom is -0.378 e. The van der Waals surface area contributed by atoms with Crippen LogP contribution in [0.25, 0.3) is 0 Å². The van der Waals surface area contributed by atoms with E-state index in [1.807, 2.05) is 31.2 Å². The first-order valence-corrected chi connectivity index (χ1v) is 9.11. The molecule has 1 aromatic carbocycles. The Labute approximate surface area is 141 Å². The highest BCUT2D eigenvalue weighted by molar-refractivity contribution is 8.00. The van der Waals surface area contributed by atoms with Crippen molar-refractivity contribution in [3.8, 4) is 0 Å². The lowest BCUT2D eigenvalue weighted by Gasteiger charge is -2.10. The van der Waals surface area contributed by atoms with E-state index in [2.05, 4.69) is 10.6 Å². The molecule has 1 fully saturated rings. The van der Waals surface area contributed by atoms with Crippen LogP contribution >= 0.6 is 11.8 Å². The summed E-state index contributed by atoms with van der Waals surface area (Å²) in [5, 5.41) is 5.70. The van der Waals surface area contributed by atoms with Crippen molar-refractivity contribution in [1.29, 1.82) is 0 Å². The molecule has 0 spiro atoms. The first-order chi connectivity index (χ1) is 11.1. The molecule has 0 bridgehead atoms. The maximum Gasteiger partial charge on any atom is 0.234 e. The zero-order valence-electron chi connectivity index (χ0n) is 13.5. The molecule has 1 heterocycles. The number of nitrogens with one attached hydrogen (secondary N) is 2. The fourth-order valence-corrected chi connectivity index (χ4v) is 3.10. The van der Waals surface area contributed by atoms with Gasteiger partial charge in [-0.05, 0) is 43.9 Å². The van der Waals surface area contributed by atoms with Crippen LogP contribution in [0.3, 0.4) is 0 Å². The van der Waals surface area contributed by atoms with Gasteiger partial charge in [0.1, 0.15) is 0 Å². The van der Waals surface area contributed by atoms with Gasteiger partial charge in [-0.25, -0.2) is 0 Å². The van der Waals surface area contributed by atoms with Gasteiger partial charge in [-0.2, -0.15) is 0 Å². The quantitative estimate of drug-likeness (QED) is 0.765. The SMILES string of the molecule is Cc1cccc(NC(=O)CSCC(=O)NCC[C@@H]2CCCO2)c1. The molecule has 0 unspecified atom stereocenters. The average molecular weight is 336 g/mol. The summed E-state index contributed by atoms with van der Waals surface area (Å²) in [5.74, 6) is 0.448. The smallest absolute Gasteiger partial charge is 0.234 e. The topological polar surface area (TPSA) is 67.4 Å². The Morgan fingerprint density at radius 3 is 2.87 bits per heavy atom. The van der Waals surface area contributed by atoms with E-state index in [9.17, 15) is 9.59 Å². The van der Waals surface area contributed by atoms with Crippen LogP contribution in [0.4, 0.5) is 5.69 Å². The molecular weight excluding hydrogens is 312 g/mol. The summed E-state index contributed by atoms with van der Waals surface area (Å²) in [6.45, 7) is 3.45. The first-order valence-electron chi connectivity index (χ1n) is 7.96. The molecule has 1 aliphatic rings. The molecule has 0 saturated carbocycles. The highest BCUT2D eigenvalue weighted by atomic mass is 32.2. The number of benzene rings is 1. The lowest BCUT2D eigenvalue weighted by molar-refractivity contribution is -0.118. The van der Waals surface area contributed by atoms with E-state index >= 15 is 0 Å². The van der Waals surface area contributed by atoms with Gasteiger partial charge in [0.05, 0.1) is 17.6 Å². The van der Waals surface area contributed by atoms with Crippen LogP contribution in [-0.2, 0) is 14.3 Å². The molecule has 1 atom stereocenters. The molecule has 0 radical (unpaired) electrons. The van der Waals surface area contributed by atoms with Crippen LogP contribution in [0.15, 0.2) is 24.3 Å². The van der Waals surface area contributed by atoms with Crippen molar-refractivity contribution in [2.24, 2.45) is 0 Å². The van der Waals surface area contributed by atoms with Gasteiger partial charge in [0.25, 0.3) is 0 Å². The van der Waals surface area contributed by atoms with Gasteiger partial charge >= 0.3 is 0 Å². The second-order valence-electron chi connectivity index (χ2n) is 5.68. The molecule has 126 valence electrons. The van der Waals surface area contributed by atoms with Gasteiger partial charge in [0.15, 0.2) is 0 Å². The molecule has 2 N–H and O–H groups in total. The highest BCUT2D eigenvalue weighted by Crippen LogP contribution is 2.14. The number of aryl methyl sites for hydroxylation is 1. The minimum absolute atomic E-state index is 0.0312. The van der Waals surface area contributed by atoms with Crippen LogP contribution in [0, 0.1) is 6.92 Å². The molecular formula is C17H24N2O3S. The molecule has 6 heteroatoms. The number of rotatable bonds is 8. The monoisotopic (exact) mass is 336 g/mol. The van der Waals surface area contributed by atoms with E-state index in [0.717, 1.165) is 37.1 Å². The highest BCUT2D eigenvalue weighted by Gasteiger charge is 2.15. The lowest BCUT2D eigenvalue weighted by Crippen LogP contribution is -2.29. The molecule has 2 rings (SSSR count). The Morgan fingerprint density at radius 2 is 2.13 bits per heavy atom. The third-order valence-electron chi connectivity index (χ3n) is 3.58. The van der Waals surface area contributed by atoms with Gasteiger partial charge in [-0.1, -0.05) is 12.1 Å². The number of hydrogen-bond donors (Lipinski definition) is 2. The second-order valence-corrected chi connectivity index (χ2v) is 6.67. The van der Waals surface area contributed by atoms with Crippen LogP contribution in [-0.4, -0.2) is 42.6 Å². The Kier molecular flexibility index (Phi) is 7.42. The van der Waals surface area contributed by atoms with Crippen LogP contribution in [0.2, 0.25) is 0 Å². The number of hydrogen-bond acceptors (Lipinski definition) is 4. The summed E-state index contributed by atoms with van der Waals surface area (Å²) in [6.07, 6.45) is 3.36. The van der Waals surface area contributed by atoms with E-state index in [1.54, 1.807) is 0 Å². The Balaban J connectivity index is 1.54. The lowest BCUT2D eigenvalue weighted by atomic mass is 10.2. The molecule has 1 aliphatic heterocycles. The number of thioether (sulfide) groups is 1. The third-order valence-corrected chi connectivity index (χ3v) is 4.51. The van der Waals surface area contributed by atoms with Gasteiger partial charge in [-0.3, -0.25) is 9.59 Å². The van der Waals surface area contributed by atoms with Gasteiger partial charge < -0.3 is 15.4 Å². The van der Waals surface area contributed by atoms with Crippen molar-refractivity contribution in [3.05, 3.63) is 29.8 Å². The number of anilines is 1. The Morgan fingerprint density at radius 1 is 1.30 bits per heavy atom. The zero-order valence-corrected chi connectivity index (χ0v) is 14.3. The maximum atomic E-state index is 11.8. The predicted molar refractivity (Wildman–Crippen MR) is 93.7 cm³/mol. The number of ether oxygens (including phenoxy) is 1. The number of carbonyl (C=O) groups excluding carboxylic acids is 2. The van der Waals surface area contributed by atoms with E-state index in [4.69, 9.17) is 4.74 Å². The predicted octanol–water partition coefficient (Wildman–Crippen LogP) is 2.35. The van der Waals surface area contributed by atoms with Crippen molar-refractivity contribution in [2.75, 3.05) is 30.0 Å². The van der Waals surface area contributed by atoms with Gasteiger partial charge in [0, 0.05) is 18.8 Å². The molecule has 0 aliphatic carbocycles. The minimum atomic E-state index is -0.0900. The van der Waals surface area contributed by atoms with Crippen molar-refractivity contribution < 1.29 is 14.3 Å². The summed E-state index contributed by atoms with van der Waals surface area (Å²) >= 11 is 1.32. The molecule has 2 amide bonds. The van der Waals surface area contributed by atoms with E-state index in [1.165, 1.54) is 11.8 Å². The molecule has 0 aromatic heterocycles. The van der Waals surface area contributed by atoms with Crippen LogP contribution in [0.5, 0.6) is 0 Å². The van der Waals surface area contributed by atoms with Gasteiger partial charge in [-0.15, -0.1) is 11.8 Å². The molecule has 23 heavy (non-hydrogen) atoms. The summed E-state index contributed by atoms with van der Waals surface area (Å²) in [7, 11) is 0. The normalized spacial score (nSPS) is 17.0. The number of amides is 2. The fraction of sp³-hybridized carbons (Fsp3) is 0.529. The van der Waals surface area contributed by atoms with Crippen LogP contribution < -0.4 is 10.6 Å². The van der Waals surface area contributed by atoms with Crippen molar-refractivity contribution >= 4 is 29.3 Å². The second kappa shape index (κ2) is 9.57. The van der Waals surface area contributed by atoms with E-state index in [-0.39, 0.29) is 17.6 Å². The standard InChI is InChI=1S/C17H24N2O3S/c1-13-4-2-5-14(10-13)19-17(21)12-23-11-16(20)18-8-7-15-6-3-9-22-15/h2,4-5,10,15H,3,6-9,11-12H2,1H3,(H,18,20)(H,19,21)/t15-/m0/s1. The molecule has 1 saturated heterocycles. The van der Waals surface area contributed by atoms with E-state index < -0.39 is 0 Å². The number of carbonyl (C=O) groups is 2. The molecule has 5 nitrogen and oxygen atoms in total. The fourth-order valence-electron chi connectivity index (χ4n) is 2.45. The van der Waals surface area contributed by atoms with Crippen molar-refractivity contribution in [2.45, 2.75) is 32.3 Å². The Hall–Kier alpha value is -1.53. The van der Waals surface area contributed by atoms with Crippen molar-refractivity contribution in [3.63, 3.8) is 0 Å². The maximum absolute atomic E-state index is 11.8. The summed E-state index contributed by atoms with van der Waals surface area (Å²) < 4.78 is 5.50.